The fraction of sp³-hybridized carbons (Fsp3) is 0.556. The molecule has 0 aromatic rings. The summed E-state index contributed by atoms with van der Waals surface area (Å²) in [6, 6.07) is 0. The third kappa shape index (κ3) is 7.26. The Balaban J connectivity index is 3.02. The second-order valence-corrected chi connectivity index (χ2v) is 1.82. The molecule has 1 heteroatoms. The maximum Gasteiger partial charge on any atom is 0.108 e. The zero-order valence-electron chi connectivity index (χ0n) is 6.68. The maximum atomic E-state index is 5.12. The van der Waals surface area contributed by atoms with Gasteiger partial charge in [0.05, 0.1) is 6.61 Å². The third-order valence-electron chi connectivity index (χ3n) is 0.967. The minimum Gasteiger partial charge on any atom is -0.365 e. The van der Waals surface area contributed by atoms with Gasteiger partial charge in [-0.3, -0.25) is 0 Å². The summed E-state index contributed by atoms with van der Waals surface area (Å²) in [4.78, 5) is 0. The minimum absolute atomic E-state index is 0.546. The quantitative estimate of drug-likeness (QED) is 0.328. The van der Waals surface area contributed by atoms with Crippen LogP contribution in [0.2, 0.25) is 0 Å². The molecule has 0 saturated carbocycles. The predicted octanol–water partition coefficient (Wildman–Crippen LogP) is 1.99. The third-order valence-corrected chi connectivity index (χ3v) is 0.967. The molecule has 0 bridgehead atoms. The second kappa shape index (κ2) is 8.26. The first kappa shape index (κ1) is 9.26. The van der Waals surface area contributed by atoms with Crippen molar-refractivity contribution in [1.29, 1.82) is 0 Å². The zero-order chi connectivity index (χ0) is 7.66. The molecule has 0 heterocycles. The van der Waals surface area contributed by atoms with Gasteiger partial charge in [-0.05, 0) is 13.3 Å². The smallest absolute Gasteiger partial charge is 0.108 e. The van der Waals surface area contributed by atoms with E-state index in [0.29, 0.717) is 13.2 Å². The molecule has 0 spiro atoms. The normalized spacial score (nSPS) is 9.40. The molecule has 56 valence electrons. The van der Waals surface area contributed by atoms with Crippen molar-refractivity contribution in [2.75, 3.05) is 13.2 Å². The van der Waals surface area contributed by atoms with Gasteiger partial charge in [-0.1, -0.05) is 25.0 Å². The van der Waals surface area contributed by atoms with E-state index in [2.05, 4.69) is 24.8 Å². The predicted molar refractivity (Wildman–Crippen MR) is 43.7 cm³/mol. The maximum absolute atomic E-state index is 5.12. The molecule has 0 fully saturated rings. The van der Waals surface area contributed by atoms with Gasteiger partial charge in [0.25, 0.3) is 0 Å². The van der Waals surface area contributed by atoms with Gasteiger partial charge in [0.15, 0.2) is 0 Å². The van der Waals surface area contributed by atoms with Gasteiger partial charge in [0.1, 0.15) is 6.61 Å². The van der Waals surface area contributed by atoms with Gasteiger partial charge in [-0.15, -0.1) is 5.92 Å². The van der Waals surface area contributed by atoms with E-state index in [4.69, 9.17) is 4.74 Å². The molecule has 0 aromatic heterocycles. The summed E-state index contributed by atoms with van der Waals surface area (Å²) >= 11 is 0. The van der Waals surface area contributed by atoms with Crippen molar-refractivity contribution in [3.63, 3.8) is 0 Å². The lowest BCUT2D eigenvalue weighted by atomic mass is 10.4. The molecule has 0 atom stereocenters. The second-order valence-electron chi connectivity index (χ2n) is 1.82. The van der Waals surface area contributed by atoms with E-state index in [1.165, 1.54) is 0 Å². The van der Waals surface area contributed by atoms with Crippen LogP contribution in [-0.4, -0.2) is 13.2 Å². The number of hydrogen-bond acceptors (Lipinski definition) is 1. The number of hydrogen-bond donors (Lipinski definition) is 0. The highest BCUT2D eigenvalue weighted by Crippen LogP contribution is 1.80. The largest absolute Gasteiger partial charge is 0.365 e. The van der Waals surface area contributed by atoms with Crippen LogP contribution in [0.5, 0.6) is 0 Å². The molecule has 0 aliphatic carbocycles. The Morgan fingerprint density at radius 2 is 2.20 bits per heavy atom. The lowest BCUT2D eigenvalue weighted by Gasteiger charge is -1.90. The fourth-order valence-corrected chi connectivity index (χ4v) is 0.485. The molecule has 0 amide bonds. The van der Waals surface area contributed by atoms with E-state index in [1.807, 2.05) is 13.0 Å². The summed E-state index contributed by atoms with van der Waals surface area (Å²) in [7, 11) is 0. The van der Waals surface area contributed by atoms with Gasteiger partial charge >= 0.3 is 0 Å². The van der Waals surface area contributed by atoms with Crippen LogP contribution in [0.4, 0.5) is 0 Å². The van der Waals surface area contributed by atoms with E-state index < -0.39 is 0 Å². The Hall–Kier alpha value is -0.740. The van der Waals surface area contributed by atoms with Gasteiger partial charge in [-0.25, -0.2) is 0 Å². The van der Waals surface area contributed by atoms with E-state index in [1.54, 1.807) is 0 Å². The van der Waals surface area contributed by atoms with E-state index >= 15 is 0 Å². The molecule has 0 aromatic carbocycles. The topological polar surface area (TPSA) is 9.23 Å². The van der Waals surface area contributed by atoms with E-state index in [-0.39, 0.29) is 0 Å². The van der Waals surface area contributed by atoms with Crippen molar-refractivity contribution >= 4 is 0 Å². The molecular weight excluding hydrogens is 124 g/mol. The van der Waals surface area contributed by atoms with Crippen molar-refractivity contribution in [3.8, 4) is 11.8 Å². The van der Waals surface area contributed by atoms with Crippen LogP contribution < -0.4 is 0 Å². The average molecular weight is 138 g/mol. The fourth-order valence-electron chi connectivity index (χ4n) is 0.485. The number of rotatable bonds is 4. The first-order valence-corrected chi connectivity index (χ1v) is 3.54. The first-order chi connectivity index (χ1) is 4.91. The lowest BCUT2D eigenvalue weighted by molar-refractivity contribution is 0.199. The van der Waals surface area contributed by atoms with Crippen LogP contribution >= 0.6 is 0 Å². The van der Waals surface area contributed by atoms with Crippen LogP contribution in [0.25, 0.3) is 0 Å². The molecule has 0 aliphatic rings. The first-order valence-electron chi connectivity index (χ1n) is 3.54. The van der Waals surface area contributed by atoms with Crippen molar-refractivity contribution < 1.29 is 4.74 Å². The summed E-state index contributed by atoms with van der Waals surface area (Å²) < 4.78 is 5.12. The molecule has 1 nitrogen and oxygen atoms in total. The summed E-state index contributed by atoms with van der Waals surface area (Å²) in [5, 5.41) is 0. The molecule has 0 N–H and O–H groups in total. The van der Waals surface area contributed by atoms with Crippen LogP contribution in [0.15, 0.2) is 12.2 Å². The highest BCUT2D eigenvalue weighted by Gasteiger charge is 1.75. The molecule has 0 rings (SSSR count). The van der Waals surface area contributed by atoms with Crippen LogP contribution in [0, 0.1) is 11.8 Å². The Kier molecular flexibility index (Phi) is 7.65. The summed E-state index contributed by atoms with van der Waals surface area (Å²) in [6.07, 6.45) is 5.17. The van der Waals surface area contributed by atoms with Crippen LogP contribution in [-0.2, 0) is 4.74 Å². The molecule has 10 heavy (non-hydrogen) atoms. The number of ether oxygens (including phenoxy) is 1. The van der Waals surface area contributed by atoms with E-state index in [9.17, 15) is 0 Å². The summed E-state index contributed by atoms with van der Waals surface area (Å²) in [5.41, 5.74) is 0. The highest BCUT2D eigenvalue weighted by molar-refractivity contribution is 4.95. The van der Waals surface area contributed by atoms with Crippen molar-refractivity contribution in [1.82, 2.24) is 0 Å². The van der Waals surface area contributed by atoms with Gasteiger partial charge < -0.3 is 4.74 Å². The molecule has 0 radical (unpaired) electrons. The monoisotopic (exact) mass is 138 g/mol. The van der Waals surface area contributed by atoms with Crippen LogP contribution in [0.1, 0.15) is 20.3 Å². The van der Waals surface area contributed by atoms with Crippen LogP contribution in [0.3, 0.4) is 0 Å². The van der Waals surface area contributed by atoms with Gasteiger partial charge in [0, 0.05) is 0 Å². The highest BCUT2D eigenvalue weighted by atomic mass is 16.5. The van der Waals surface area contributed by atoms with Crippen molar-refractivity contribution in [3.05, 3.63) is 12.2 Å². The number of allylic oxidation sites excluding steroid dienone is 1. The Morgan fingerprint density at radius 1 is 1.40 bits per heavy atom. The van der Waals surface area contributed by atoms with Crippen molar-refractivity contribution in [2.45, 2.75) is 20.3 Å². The lowest BCUT2D eigenvalue weighted by Crippen LogP contribution is -1.89. The summed E-state index contributed by atoms with van der Waals surface area (Å²) in [5.74, 6) is 5.58. The van der Waals surface area contributed by atoms with E-state index in [0.717, 1.165) is 6.42 Å². The molecular formula is C9H14O. The Labute approximate surface area is 63.1 Å². The molecule has 0 aliphatic heterocycles. The minimum atomic E-state index is 0.546. The zero-order valence-corrected chi connectivity index (χ0v) is 6.68. The van der Waals surface area contributed by atoms with Gasteiger partial charge in [0.2, 0.25) is 0 Å². The summed E-state index contributed by atoms with van der Waals surface area (Å²) in [6.45, 7) is 5.14. The molecule has 0 saturated heterocycles. The molecule has 0 unspecified atom stereocenters. The average Bonchev–Trinajstić information content (AvgIpc) is 1.97. The Morgan fingerprint density at radius 3 is 2.80 bits per heavy atom. The van der Waals surface area contributed by atoms with Gasteiger partial charge in [-0.2, -0.15) is 0 Å². The standard InChI is InChI=1S/C9H14O/c1-3-5-7-9-10-8-6-4-2/h5,7H,3,8-9H2,1-2H3/b7-5-. The van der Waals surface area contributed by atoms with Crippen molar-refractivity contribution in [2.24, 2.45) is 0 Å². The Bertz CT molecular complexity index is 137. The SMILES string of the molecule is CC#CCOC/C=C\CC.